The van der Waals surface area contributed by atoms with Gasteiger partial charge in [0.1, 0.15) is 5.75 Å². The topological polar surface area (TPSA) is 15.7 Å². The van der Waals surface area contributed by atoms with E-state index < -0.39 is 0 Å². The zero-order chi connectivity index (χ0) is 16.4. The molecular weight excluding hydrogens is 296 g/mol. The van der Waals surface area contributed by atoms with Crippen LogP contribution in [-0.2, 0) is 6.54 Å². The highest BCUT2D eigenvalue weighted by Crippen LogP contribution is 2.38. The van der Waals surface area contributed by atoms with Crippen molar-refractivity contribution in [2.45, 2.75) is 63.6 Å². The molecule has 0 radical (unpaired) electrons. The monoisotopic (exact) mass is 328 g/mol. The first-order valence-electron chi connectivity index (χ1n) is 9.96. The van der Waals surface area contributed by atoms with Gasteiger partial charge in [-0.25, -0.2) is 0 Å². The number of ether oxygens (including phenoxy) is 1. The summed E-state index contributed by atoms with van der Waals surface area (Å²) < 4.78 is 5.31. The Morgan fingerprint density at radius 3 is 2.46 bits per heavy atom. The highest BCUT2D eigenvalue weighted by atomic mass is 16.5. The number of hydrogen-bond acceptors (Lipinski definition) is 3. The number of hydrogen-bond donors (Lipinski definition) is 0. The van der Waals surface area contributed by atoms with Crippen molar-refractivity contribution in [2.75, 3.05) is 26.7 Å². The average Bonchev–Trinajstić information content (AvgIpc) is 3.11. The van der Waals surface area contributed by atoms with Crippen LogP contribution < -0.4 is 4.74 Å². The van der Waals surface area contributed by atoms with Crippen LogP contribution in [0.1, 0.15) is 50.5 Å². The van der Waals surface area contributed by atoms with E-state index in [1.165, 1.54) is 70.1 Å². The molecule has 3 nitrogen and oxygen atoms in total. The zero-order valence-electron chi connectivity index (χ0n) is 15.1. The molecule has 3 aliphatic rings. The fourth-order valence-electron chi connectivity index (χ4n) is 5.40. The first kappa shape index (κ1) is 16.4. The predicted molar refractivity (Wildman–Crippen MR) is 98.4 cm³/mol. The SMILES string of the molecule is COc1ccc(CN2CCN3CCC[C@@H]3[C@H]2C2CCCCC2)cc1. The van der Waals surface area contributed by atoms with Crippen LogP contribution in [0.15, 0.2) is 24.3 Å². The molecule has 1 saturated carbocycles. The Balaban J connectivity index is 1.52. The Morgan fingerprint density at radius 2 is 1.71 bits per heavy atom. The van der Waals surface area contributed by atoms with Crippen LogP contribution in [0.4, 0.5) is 0 Å². The van der Waals surface area contributed by atoms with E-state index in [-0.39, 0.29) is 0 Å². The predicted octanol–water partition coefficient (Wildman–Crippen LogP) is 3.92. The van der Waals surface area contributed by atoms with Crippen molar-refractivity contribution >= 4 is 0 Å². The van der Waals surface area contributed by atoms with E-state index >= 15 is 0 Å². The van der Waals surface area contributed by atoms with Gasteiger partial charge < -0.3 is 4.74 Å². The Bertz CT molecular complexity index is 523. The number of nitrogens with zero attached hydrogens (tertiary/aromatic N) is 2. The average molecular weight is 329 g/mol. The van der Waals surface area contributed by atoms with Gasteiger partial charge in [-0.2, -0.15) is 0 Å². The van der Waals surface area contributed by atoms with E-state index in [0.717, 1.165) is 30.3 Å². The van der Waals surface area contributed by atoms with Crippen LogP contribution in [-0.4, -0.2) is 48.6 Å². The molecule has 1 aromatic rings. The van der Waals surface area contributed by atoms with Crippen LogP contribution in [0, 0.1) is 5.92 Å². The lowest BCUT2D eigenvalue weighted by Gasteiger charge is -2.49. The molecular formula is C21H32N2O. The molecule has 132 valence electrons. The van der Waals surface area contributed by atoms with Crippen molar-refractivity contribution in [3.05, 3.63) is 29.8 Å². The molecule has 0 spiro atoms. The highest BCUT2D eigenvalue weighted by molar-refractivity contribution is 5.27. The van der Waals surface area contributed by atoms with Crippen molar-refractivity contribution in [2.24, 2.45) is 5.92 Å². The van der Waals surface area contributed by atoms with Crippen LogP contribution in [0.2, 0.25) is 0 Å². The molecule has 3 fully saturated rings. The Hall–Kier alpha value is -1.06. The quantitative estimate of drug-likeness (QED) is 0.833. The summed E-state index contributed by atoms with van der Waals surface area (Å²) in [5.41, 5.74) is 1.43. The lowest BCUT2D eigenvalue weighted by atomic mass is 9.78. The Labute approximate surface area is 147 Å². The summed E-state index contributed by atoms with van der Waals surface area (Å²) in [5, 5.41) is 0. The lowest BCUT2D eigenvalue weighted by molar-refractivity contribution is -0.00380. The zero-order valence-corrected chi connectivity index (χ0v) is 15.1. The van der Waals surface area contributed by atoms with E-state index in [1.807, 2.05) is 0 Å². The second-order valence-corrected chi connectivity index (χ2v) is 7.95. The maximum absolute atomic E-state index is 5.31. The lowest BCUT2D eigenvalue weighted by Crippen LogP contribution is -2.59. The minimum absolute atomic E-state index is 0.781. The first-order valence-corrected chi connectivity index (χ1v) is 9.96. The van der Waals surface area contributed by atoms with Gasteiger partial charge in [-0.3, -0.25) is 9.80 Å². The normalized spacial score (nSPS) is 29.5. The van der Waals surface area contributed by atoms with Gasteiger partial charge >= 0.3 is 0 Å². The fraction of sp³-hybridized carbons (Fsp3) is 0.714. The highest BCUT2D eigenvalue weighted by Gasteiger charge is 2.42. The summed E-state index contributed by atoms with van der Waals surface area (Å²) >= 11 is 0. The molecule has 1 aromatic carbocycles. The van der Waals surface area contributed by atoms with Crippen LogP contribution in [0.3, 0.4) is 0 Å². The largest absolute Gasteiger partial charge is 0.497 e. The van der Waals surface area contributed by atoms with Crippen molar-refractivity contribution in [1.29, 1.82) is 0 Å². The van der Waals surface area contributed by atoms with Gasteiger partial charge in [0.2, 0.25) is 0 Å². The van der Waals surface area contributed by atoms with Gasteiger partial charge in [0.15, 0.2) is 0 Å². The summed E-state index contributed by atoms with van der Waals surface area (Å²) in [6, 6.07) is 10.3. The van der Waals surface area contributed by atoms with Crippen molar-refractivity contribution < 1.29 is 4.74 Å². The molecule has 0 amide bonds. The van der Waals surface area contributed by atoms with E-state index in [2.05, 4.69) is 34.1 Å². The van der Waals surface area contributed by atoms with Gasteiger partial charge in [-0.1, -0.05) is 31.4 Å². The molecule has 2 heterocycles. The molecule has 2 atom stereocenters. The van der Waals surface area contributed by atoms with Crippen LogP contribution in [0.25, 0.3) is 0 Å². The van der Waals surface area contributed by atoms with Gasteiger partial charge in [0.25, 0.3) is 0 Å². The van der Waals surface area contributed by atoms with Crippen LogP contribution in [0.5, 0.6) is 5.75 Å². The molecule has 3 heteroatoms. The summed E-state index contributed by atoms with van der Waals surface area (Å²) in [4.78, 5) is 5.62. The van der Waals surface area contributed by atoms with Crippen molar-refractivity contribution in [1.82, 2.24) is 9.80 Å². The van der Waals surface area contributed by atoms with Gasteiger partial charge in [0, 0.05) is 31.7 Å². The number of piperazine rings is 1. The number of rotatable bonds is 4. The van der Waals surface area contributed by atoms with Gasteiger partial charge in [-0.15, -0.1) is 0 Å². The van der Waals surface area contributed by atoms with Gasteiger partial charge in [-0.05, 0) is 55.8 Å². The summed E-state index contributed by atoms with van der Waals surface area (Å²) in [5.74, 6) is 1.88. The first-order chi connectivity index (χ1) is 11.8. The molecule has 0 N–H and O–H groups in total. The standard InChI is InChI=1S/C21H32N2O/c1-24-19-11-9-17(10-12-19)16-23-15-14-22-13-5-8-20(22)21(23)18-6-3-2-4-7-18/h9-12,18,20-21H,2-8,13-16H2,1H3/t20-,21-/m1/s1. The second kappa shape index (κ2) is 7.45. The summed E-state index contributed by atoms with van der Waals surface area (Å²) in [7, 11) is 1.74. The maximum atomic E-state index is 5.31. The Morgan fingerprint density at radius 1 is 0.917 bits per heavy atom. The molecule has 0 aromatic heterocycles. The minimum Gasteiger partial charge on any atom is -0.497 e. The third-order valence-electron chi connectivity index (χ3n) is 6.58. The smallest absolute Gasteiger partial charge is 0.118 e. The number of benzene rings is 1. The number of fused-ring (bicyclic) bond motifs is 1. The maximum Gasteiger partial charge on any atom is 0.118 e. The third-order valence-corrected chi connectivity index (χ3v) is 6.58. The fourth-order valence-corrected chi connectivity index (χ4v) is 5.40. The van der Waals surface area contributed by atoms with Crippen LogP contribution >= 0.6 is 0 Å². The summed E-state index contributed by atoms with van der Waals surface area (Å²) in [6.07, 6.45) is 10.1. The van der Waals surface area contributed by atoms with E-state index in [0.29, 0.717) is 0 Å². The molecule has 2 saturated heterocycles. The molecule has 0 bridgehead atoms. The third kappa shape index (κ3) is 3.34. The summed E-state index contributed by atoms with van der Waals surface area (Å²) in [6.45, 7) is 4.95. The van der Waals surface area contributed by atoms with Crippen molar-refractivity contribution in [3.63, 3.8) is 0 Å². The molecule has 0 unspecified atom stereocenters. The van der Waals surface area contributed by atoms with Gasteiger partial charge in [0.05, 0.1) is 7.11 Å². The molecule has 4 rings (SSSR count). The molecule has 1 aliphatic carbocycles. The van der Waals surface area contributed by atoms with E-state index in [9.17, 15) is 0 Å². The van der Waals surface area contributed by atoms with E-state index in [4.69, 9.17) is 4.74 Å². The van der Waals surface area contributed by atoms with Crippen molar-refractivity contribution in [3.8, 4) is 5.75 Å². The molecule has 2 aliphatic heterocycles. The molecule has 24 heavy (non-hydrogen) atoms. The minimum atomic E-state index is 0.781. The number of methoxy groups -OCH3 is 1. The van der Waals surface area contributed by atoms with E-state index in [1.54, 1.807) is 7.11 Å². The second-order valence-electron chi connectivity index (χ2n) is 7.95. The Kier molecular flexibility index (Phi) is 5.09.